The highest BCUT2D eigenvalue weighted by Crippen LogP contribution is 2.36. The van der Waals surface area contributed by atoms with Crippen LogP contribution < -0.4 is 14.2 Å². The molecule has 33 heavy (non-hydrogen) atoms. The van der Waals surface area contributed by atoms with Crippen molar-refractivity contribution in [3.05, 3.63) is 106 Å². The van der Waals surface area contributed by atoms with Crippen molar-refractivity contribution in [2.24, 2.45) is 0 Å². The zero-order chi connectivity index (χ0) is 23.2. The zero-order valence-corrected chi connectivity index (χ0v) is 17.9. The summed E-state index contributed by atoms with van der Waals surface area (Å²) in [4.78, 5) is 11.3. The molecule has 0 amide bonds. The Balaban J connectivity index is 1.50. The van der Waals surface area contributed by atoms with E-state index in [0.29, 0.717) is 22.4 Å². The maximum atomic E-state index is 11.7. The maximum Gasteiger partial charge on any atom is 0.318 e. The number of nitriles is 1. The van der Waals surface area contributed by atoms with Crippen LogP contribution in [0.25, 0.3) is 10.8 Å². The molecule has 0 aliphatic heterocycles. The summed E-state index contributed by atoms with van der Waals surface area (Å²) in [7, 11) is 1.54. The van der Waals surface area contributed by atoms with Crippen molar-refractivity contribution in [2.75, 3.05) is 7.11 Å². The lowest BCUT2D eigenvalue weighted by Crippen LogP contribution is -2.02. The predicted octanol–water partition coefficient (Wildman–Crippen LogP) is 5.79. The van der Waals surface area contributed by atoms with E-state index in [1.54, 1.807) is 54.6 Å². The van der Waals surface area contributed by atoms with Crippen LogP contribution in [-0.4, -0.2) is 12.0 Å². The van der Waals surface area contributed by atoms with Crippen molar-refractivity contribution in [1.29, 1.82) is 5.26 Å². The first-order valence-electron chi connectivity index (χ1n) is 10.2. The minimum absolute atomic E-state index is 0.0559. The number of ether oxygens (including phenoxy) is 3. The summed E-state index contributed by atoms with van der Waals surface area (Å²) in [6.45, 7) is 0.408. The van der Waals surface area contributed by atoms with Gasteiger partial charge < -0.3 is 14.2 Å². The van der Waals surface area contributed by atoms with Gasteiger partial charge in [0.2, 0.25) is 0 Å². The Morgan fingerprint density at radius 2 is 1.58 bits per heavy atom. The Kier molecular flexibility index (Phi) is 6.37. The van der Waals surface area contributed by atoms with Gasteiger partial charge >= 0.3 is 5.69 Å². The van der Waals surface area contributed by atoms with Crippen molar-refractivity contribution < 1.29 is 19.1 Å². The molecule has 0 aliphatic carbocycles. The second-order valence-electron chi connectivity index (χ2n) is 7.27. The highest BCUT2D eigenvalue weighted by Gasteiger charge is 2.20. The predicted molar refractivity (Wildman–Crippen MR) is 123 cm³/mol. The minimum Gasteiger partial charge on any atom is -0.493 e. The molecule has 0 N–H and O–H groups in total. The van der Waals surface area contributed by atoms with Gasteiger partial charge in [-0.25, -0.2) is 0 Å². The van der Waals surface area contributed by atoms with Gasteiger partial charge in [-0.15, -0.1) is 0 Å². The van der Waals surface area contributed by atoms with Gasteiger partial charge in [0.15, 0.2) is 17.2 Å². The van der Waals surface area contributed by atoms with E-state index in [2.05, 4.69) is 6.07 Å². The van der Waals surface area contributed by atoms with Crippen LogP contribution in [0, 0.1) is 21.4 Å². The van der Waals surface area contributed by atoms with Gasteiger partial charge in [-0.1, -0.05) is 42.5 Å². The van der Waals surface area contributed by atoms with Crippen molar-refractivity contribution >= 4 is 16.5 Å². The normalized spacial score (nSPS) is 10.4. The summed E-state index contributed by atoms with van der Waals surface area (Å²) in [5, 5.41) is 22.0. The fourth-order valence-corrected chi connectivity index (χ4v) is 3.51. The largest absolute Gasteiger partial charge is 0.493 e. The molecular formula is C26H20N2O5. The van der Waals surface area contributed by atoms with Crippen LogP contribution in [0.2, 0.25) is 0 Å². The van der Waals surface area contributed by atoms with E-state index in [1.165, 1.54) is 7.11 Å². The number of nitrogens with zero attached hydrogens (tertiary/aromatic N) is 2. The van der Waals surface area contributed by atoms with Gasteiger partial charge in [-0.2, -0.15) is 5.26 Å². The molecule has 0 bridgehead atoms. The number of nitro groups is 1. The number of fused-ring (bicyclic) bond motifs is 1. The van der Waals surface area contributed by atoms with E-state index in [9.17, 15) is 10.1 Å². The monoisotopic (exact) mass is 440 g/mol. The summed E-state index contributed by atoms with van der Waals surface area (Å²) < 4.78 is 17.1. The van der Waals surface area contributed by atoms with E-state index in [0.717, 1.165) is 16.5 Å². The molecule has 4 aromatic carbocycles. The molecule has 0 unspecified atom stereocenters. The topological polar surface area (TPSA) is 94.6 Å². The van der Waals surface area contributed by atoms with Crippen LogP contribution in [-0.2, 0) is 13.2 Å². The molecule has 0 aliphatic rings. The Bertz CT molecular complexity index is 1360. The summed E-state index contributed by atoms with van der Waals surface area (Å²) in [5.74, 6) is 1.26. The average Bonchev–Trinajstić information content (AvgIpc) is 2.85. The molecule has 0 saturated carbocycles. The third kappa shape index (κ3) is 4.86. The first-order chi connectivity index (χ1) is 16.1. The third-order valence-electron chi connectivity index (χ3n) is 5.12. The Hall–Kier alpha value is -4.57. The van der Waals surface area contributed by atoms with Crippen molar-refractivity contribution in [3.8, 4) is 23.3 Å². The molecule has 0 fully saturated rings. The second-order valence-corrected chi connectivity index (χ2v) is 7.27. The standard InChI is InChI=1S/C26H20N2O5/c1-31-25-14-20(9-11-23(25)32-16-19-6-4-5-18(13-19)15-27)17-33-24-12-10-21-7-2-3-8-22(21)26(24)28(29)30/h2-14H,16-17H2,1H3. The highest BCUT2D eigenvalue weighted by atomic mass is 16.6. The molecule has 164 valence electrons. The quantitative estimate of drug-likeness (QED) is 0.254. The van der Waals surface area contributed by atoms with Gasteiger partial charge in [-0.05, 0) is 52.9 Å². The van der Waals surface area contributed by atoms with Crippen molar-refractivity contribution in [1.82, 2.24) is 0 Å². The highest BCUT2D eigenvalue weighted by molar-refractivity contribution is 5.93. The first kappa shape index (κ1) is 21.7. The third-order valence-corrected chi connectivity index (χ3v) is 5.12. The van der Waals surface area contributed by atoms with E-state index in [1.807, 2.05) is 24.3 Å². The van der Waals surface area contributed by atoms with E-state index >= 15 is 0 Å². The Morgan fingerprint density at radius 3 is 2.33 bits per heavy atom. The molecule has 0 atom stereocenters. The first-order valence-corrected chi connectivity index (χ1v) is 10.2. The summed E-state index contributed by atoms with van der Waals surface area (Å²) >= 11 is 0. The molecule has 7 heteroatoms. The van der Waals surface area contributed by atoms with Gasteiger partial charge in [0.05, 0.1) is 29.1 Å². The van der Waals surface area contributed by atoms with Crippen LogP contribution in [0.15, 0.2) is 78.9 Å². The van der Waals surface area contributed by atoms with Gasteiger partial charge in [0, 0.05) is 0 Å². The lowest BCUT2D eigenvalue weighted by atomic mass is 10.1. The fourth-order valence-electron chi connectivity index (χ4n) is 3.51. The molecule has 0 aromatic heterocycles. The van der Waals surface area contributed by atoms with Crippen LogP contribution >= 0.6 is 0 Å². The number of nitro benzene ring substituents is 1. The molecule has 0 heterocycles. The molecule has 7 nitrogen and oxygen atoms in total. The Morgan fingerprint density at radius 1 is 0.848 bits per heavy atom. The minimum atomic E-state index is -0.420. The number of methoxy groups -OCH3 is 1. The molecule has 4 aromatic rings. The summed E-state index contributed by atoms with van der Waals surface area (Å²) in [5.41, 5.74) is 2.15. The van der Waals surface area contributed by atoms with E-state index < -0.39 is 4.92 Å². The van der Waals surface area contributed by atoms with Crippen LogP contribution in [0.1, 0.15) is 16.7 Å². The van der Waals surface area contributed by atoms with Gasteiger partial charge in [-0.3, -0.25) is 10.1 Å². The lowest BCUT2D eigenvalue weighted by Gasteiger charge is -2.13. The lowest BCUT2D eigenvalue weighted by molar-refractivity contribution is -0.384. The number of rotatable bonds is 8. The Labute approximate surface area is 190 Å². The smallest absolute Gasteiger partial charge is 0.318 e. The van der Waals surface area contributed by atoms with Crippen molar-refractivity contribution in [2.45, 2.75) is 13.2 Å². The van der Waals surface area contributed by atoms with Crippen LogP contribution in [0.3, 0.4) is 0 Å². The summed E-state index contributed by atoms with van der Waals surface area (Å²) in [6.07, 6.45) is 0. The molecule has 0 radical (unpaired) electrons. The zero-order valence-electron chi connectivity index (χ0n) is 17.9. The molecule has 0 saturated heterocycles. The molecule has 4 rings (SSSR count). The fraction of sp³-hybridized carbons (Fsp3) is 0.115. The maximum absolute atomic E-state index is 11.7. The number of hydrogen-bond acceptors (Lipinski definition) is 6. The van der Waals surface area contributed by atoms with Crippen LogP contribution in [0.4, 0.5) is 5.69 Å². The van der Waals surface area contributed by atoms with Crippen LogP contribution in [0.5, 0.6) is 17.2 Å². The number of hydrogen-bond donors (Lipinski definition) is 0. The number of benzene rings is 4. The van der Waals surface area contributed by atoms with Gasteiger partial charge in [0.1, 0.15) is 13.2 Å². The molecule has 0 spiro atoms. The van der Waals surface area contributed by atoms with E-state index in [4.69, 9.17) is 19.5 Å². The van der Waals surface area contributed by atoms with Gasteiger partial charge in [0.25, 0.3) is 0 Å². The summed E-state index contributed by atoms with van der Waals surface area (Å²) in [6, 6.07) is 25.2. The van der Waals surface area contributed by atoms with E-state index in [-0.39, 0.29) is 24.7 Å². The SMILES string of the molecule is COc1cc(COc2ccc3ccccc3c2[N+](=O)[O-])ccc1OCc1cccc(C#N)c1. The second kappa shape index (κ2) is 9.71. The molecular weight excluding hydrogens is 420 g/mol. The average molecular weight is 440 g/mol. The van der Waals surface area contributed by atoms with Crippen molar-refractivity contribution in [3.63, 3.8) is 0 Å².